The summed E-state index contributed by atoms with van der Waals surface area (Å²) in [6.07, 6.45) is 7.53. The molecule has 1 aromatic heterocycles. The molecule has 0 amide bonds. The summed E-state index contributed by atoms with van der Waals surface area (Å²) in [5, 5.41) is 3.25. The third-order valence-corrected chi connectivity index (χ3v) is 5.23. The summed E-state index contributed by atoms with van der Waals surface area (Å²) in [5.74, 6) is 0. The number of nitrogens with zero attached hydrogens (tertiary/aromatic N) is 4. The van der Waals surface area contributed by atoms with E-state index in [0.717, 1.165) is 38.8 Å². The van der Waals surface area contributed by atoms with Gasteiger partial charge in [0.05, 0.1) is 12.2 Å². The van der Waals surface area contributed by atoms with E-state index in [0.29, 0.717) is 26.2 Å². The molecule has 26 heavy (non-hydrogen) atoms. The molecular weight excluding hydrogens is 333 g/mol. The molecule has 0 aromatic carbocycles. The molecule has 142 valence electrons. The first-order valence-electron chi connectivity index (χ1n) is 9.34. The van der Waals surface area contributed by atoms with Crippen molar-refractivity contribution in [2.45, 2.75) is 43.8 Å². The van der Waals surface area contributed by atoms with Crippen LogP contribution in [0.4, 0.5) is 4.39 Å². The van der Waals surface area contributed by atoms with Gasteiger partial charge in [-0.3, -0.25) is 15.2 Å². The number of rotatable bonds is 8. The van der Waals surface area contributed by atoms with Crippen molar-refractivity contribution in [3.63, 3.8) is 0 Å². The smallest absolute Gasteiger partial charge is 0.312 e. The lowest BCUT2D eigenvalue weighted by atomic mass is 9.95. The standard InChI is InChI=1S/C19H28FN5O/c1-21-18(24-15-23-9-3-6-16-5-2-8-22-12-16)26-14-19-7-4-10-25(19)13-17(20)11-19/h2,5,8,12,17,23H,1,3-4,6-7,9-11,13-15H2/t17-,19+/m1/s1. The summed E-state index contributed by atoms with van der Waals surface area (Å²) in [5.41, 5.74) is 1.06. The second-order valence-corrected chi connectivity index (χ2v) is 7.09. The quantitative estimate of drug-likeness (QED) is 0.438. The van der Waals surface area contributed by atoms with Gasteiger partial charge in [-0.1, -0.05) is 6.07 Å². The normalized spacial score (nSPS) is 26.0. The van der Waals surface area contributed by atoms with Gasteiger partial charge >= 0.3 is 6.02 Å². The lowest BCUT2D eigenvalue weighted by Crippen LogP contribution is -2.43. The molecule has 0 aliphatic carbocycles. The maximum Gasteiger partial charge on any atom is 0.312 e. The Morgan fingerprint density at radius 1 is 1.54 bits per heavy atom. The molecule has 1 N–H and O–H groups in total. The van der Waals surface area contributed by atoms with Gasteiger partial charge in [-0.2, -0.15) is 0 Å². The number of nitrogens with one attached hydrogen (secondary N) is 1. The van der Waals surface area contributed by atoms with Crippen LogP contribution in [0.5, 0.6) is 0 Å². The van der Waals surface area contributed by atoms with Crippen LogP contribution in [0.2, 0.25) is 0 Å². The molecule has 2 fully saturated rings. The highest BCUT2D eigenvalue weighted by Gasteiger charge is 2.49. The largest absolute Gasteiger partial charge is 0.462 e. The van der Waals surface area contributed by atoms with Crippen LogP contribution in [0.3, 0.4) is 0 Å². The molecule has 1 aromatic rings. The molecule has 2 aliphatic rings. The Bertz CT molecular complexity index is 611. The van der Waals surface area contributed by atoms with Gasteiger partial charge in [0.2, 0.25) is 0 Å². The molecule has 3 heterocycles. The number of ether oxygens (including phenoxy) is 1. The molecule has 2 saturated heterocycles. The molecule has 0 radical (unpaired) electrons. The number of pyridine rings is 1. The van der Waals surface area contributed by atoms with Gasteiger partial charge < -0.3 is 4.74 Å². The highest BCUT2D eigenvalue weighted by molar-refractivity contribution is 5.78. The average molecular weight is 361 g/mol. The first-order valence-corrected chi connectivity index (χ1v) is 9.34. The van der Waals surface area contributed by atoms with E-state index in [9.17, 15) is 4.39 Å². The SMILES string of the molecule is C=NC(=NCNCCCc1cccnc1)OC[C@@]12CCCN1C[C@H](F)C2. The summed E-state index contributed by atoms with van der Waals surface area (Å²) in [6.45, 7) is 6.73. The zero-order chi connectivity index (χ0) is 18.2. The van der Waals surface area contributed by atoms with Crippen molar-refractivity contribution < 1.29 is 9.13 Å². The second kappa shape index (κ2) is 9.19. The van der Waals surface area contributed by atoms with E-state index in [2.05, 4.69) is 38.0 Å². The van der Waals surface area contributed by atoms with Crippen molar-refractivity contribution in [1.82, 2.24) is 15.2 Å². The van der Waals surface area contributed by atoms with Crippen LogP contribution in [0.1, 0.15) is 31.2 Å². The van der Waals surface area contributed by atoms with E-state index in [-0.39, 0.29) is 11.6 Å². The van der Waals surface area contributed by atoms with Crippen molar-refractivity contribution >= 4 is 12.7 Å². The third-order valence-electron chi connectivity index (χ3n) is 5.23. The summed E-state index contributed by atoms with van der Waals surface area (Å²) >= 11 is 0. The van der Waals surface area contributed by atoms with Crippen LogP contribution < -0.4 is 5.32 Å². The lowest BCUT2D eigenvalue weighted by Gasteiger charge is -2.30. The van der Waals surface area contributed by atoms with E-state index >= 15 is 0 Å². The first-order chi connectivity index (χ1) is 12.7. The molecule has 0 unspecified atom stereocenters. The molecule has 0 bridgehead atoms. The predicted octanol–water partition coefficient (Wildman–Crippen LogP) is 2.21. The topological polar surface area (TPSA) is 62.1 Å². The van der Waals surface area contributed by atoms with Gasteiger partial charge in [0.15, 0.2) is 0 Å². The minimum Gasteiger partial charge on any atom is -0.462 e. The van der Waals surface area contributed by atoms with Gasteiger partial charge in [-0.25, -0.2) is 14.4 Å². The third kappa shape index (κ3) is 4.86. The van der Waals surface area contributed by atoms with Gasteiger partial charge in [-0.05, 0) is 57.1 Å². The summed E-state index contributed by atoms with van der Waals surface area (Å²) < 4.78 is 19.5. The number of halogens is 1. The fourth-order valence-corrected chi connectivity index (χ4v) is 3.95. The molecule has 2 atom stereocenters. The lowest BCUT2D eigenvalue weighted by molar-refractivity contribution is 0.105. The van der Waals surface area contributed by atoms with Crippen molar-refractivity contribution in [1.29, 1.82) is 0 Å². The zero-order valence-corrected chi connectivity index (χ0v) is 15.2. The van der Waals surface area contributed by atoms with Crippen LogP contribution in [0, 0.1) is 0 Å². The van der Waals surface area contributed by atoms with Crippen molar-refractivity contribution in [2.24, 2.45) is 9.98 Å². The van der Waals surface area contributed by atoms with Gasteiger partial charge in [-0.15, -0.1) is 0 Å². The maximum atomic E-state index is 13.8. The monoisotopic (exact) mass is 361 g/mol. The molecule has 0 spiro atoms. The van der Waals surface area contributed by atoms with Crippen LogP contribution in [0.25, 0.3) is 0 Å². The van der Waals surface area contributed by atoms with Gasteiger partial charge in [0.25, 0.3) is 0 Å². The number of hydrogen-bond acceptors (Lipinski definition) is 5. The van der Waals surface area contributed by atoms with E-state index in [1.807, 2.05) is 12.3 Å². The highest BCUT2D eigenvalue weighted by Crippen LogP contribution is 2.40. The molecule has 3 rings (SSSR count). The average Bonchev–Trinajstić information content (AvgIpc) is 3.17. The molecule has 6 nitrogen and oxygen atoms in total. The minimum absolute atomic E-state index is 0.179. The zero-order valence-electron chi connectivity index (χ0n) is 15.2. The Labute approximate surface area is 154 Å². The van der Waals surface area contributed by atoms with E-state index in [4.69, 9.17) is 4.74 Å². The number of fused-ring (bicyclic) bond motifs is 1. The van der Waals surface area contributed by atoms with Crippen molar-refractivity contribution in [3.05, 3.63) is 30.1 Å². The summed E-state index contributed by atoms with van der Waals surface area (Å²) in [6, 6.07) is 4.32. The molecular formula is C19H28FN5O. The Morgan fingerprint density at radius 3 is 3.27 bits per heavy atom. The van der Waals surface area contributed by atoms with Crippen LogP contribution in [-0.2, 0) is 11.2 Å². The minimum atomic E-state index is -0.752. The number of hydrogen-bond donors (Lipinski definition) is 1. The number of aryl methyl sites for hydroxylation is 1. The number of alkyl halides is 1. The molecule has 2 aliphatic heterocycles. The van der Waals surface area contributed by atoms with E-state index in [1.165, 1.54) is 5.56 Å². The Morgan fingerprint density at radius 2 is 2.46 bits per heavy atom. The summed E-state index contributed by atoms with van der Waals surface area (Å²) in [7, 11) is 0. The number of aromatic nitrogens is 1. The van der Waals surface area contributed by atoms with E-state index < -0.39 is 6.17 Å². The fraction of sp³-hybridized carbons (Fsp3) is 0.632. The Kier molecular flexibility index (Phi) is 6.68. The molecule has 0 saturated carbocycles. The van der Waals surface area contributed by atoms with Crippen molar-refractivity contribution in [3.8, 4) is 0 Å². The summed E-state index contributed by atoms with van der Waals surface area (Å²) in [4.78, 5) is 14.5. The van der Waals surface area contributed by atoms with Crippen molar-refractivity contribution in [2.75, 3.05) is 32.9 Å². The molecule has 7 heteroatoms. The van der Waals surface area contributed by atoms with Crippen LogP contribution >= 0.6 is 0 Å². The number of aliphatic imine (C=N–C) groups is 2. The Balaban J connectivity index is 1.36. The maximum absolute atomic E-state index is 13.8. The fourth-order valence-electron chi connectivity index (χ4n) is 3.95. The first kappa shape index (κ1) is 18.9. The highest BCUT2D eigenvalue weighted by atomic mass is 19.1. The van der Waals surface area contributed by atoms with Gasteiger partial charge in [0.1, 0.15) is 12.8 Å². The second-order valence-electron chi connectivity index (χ2n) is 7.09. The van der Waals surface area contributed by atoms with Gasteiger partial charge in [0, 0.05) is 25.4 Å². The van der Waals surface area contributed by atoms with Crippen LogP contribution in [-0.4, -0.2) is 67.2 Å². The number of amidine groups is 1. The predicted molar refractivity (Wildman–Crippen MR) is 101 cm³/mol. The van der Waals surface area contributed by atoms with E-state index in [1.54, 1.807) is 6.20 Å². The Hall–Kier alpha value is -1.86. The van der Waals surface area contributed by atoms with Crippen LogP contribution in [0.15, 0.2) is 34.5 Å².